The lowest BCUT2D eigenvalue weighted by Gasteiger charge is -2.25. The Balaban J connectivity index is 2.11. The molecule has 1 unspecified atom stereocenters. The van der Waals surface area contributed by atoms with Crippen molar-refractivity contribution in [3.05, 3.63) is 33.9 Å². The summed E-state index contributed by atoms with van der Waals surface area (Å²) < 4.78 is 5.28. The Morgan fingerprint density at radius 2 is 2.05 bits per heavy atom. The number of benzene rings is 1. The van der Waals surface area contributed by atoms with E-state index in [9.17, 15) is 0 Å². The molecule has 3 rings (SSSR count). The molecule has 1 aromatic carbocycles. The molecule has 0 aliphatic heterocycles. The van der Waals surface area contributed by atoms with Gasteiger partial charge in [0.1, 0.15) is 0 Å². The number of nitrogens with zero attached hydrogens (tertiary/aromatic N) is 1. The molecule has 2 aromatic rings. The van der Waals surface area contributed by atoms with Crippen LogP contribution >= 0.6 is 23.2 Å². The molecule has 0 bridgehead atoms. The van der Waals surface area contributed by atoms with Crippen LogP contribution in [0.5, 0.6) is 0 Å². The molecule has 1 aromatic heterocycles. The monoisotopic (exact) mass is 324 g/mol. The summed E-state index contributed by atoms with van der Waals surface area (Å²) in [4.78, 5) is 0. The SMILES string of the molecule is CC1(C)CCCC1c1noc(N)c1-c1ccc(Cl)c(Cl)c1. The summed E-state index contributed by atoms with van der Waals surface area (Å²) in [6.07, 6.45) is 3.49. The van der Waals surface area contributed by atoms with Crippen LogP contribution in [0.15, 0.2) is 22.7 Å². The molecule has 5 heteroatoms. The quantitative estimate of drug-likeness (QED) is 0.790. The number of nitrogens with two attached hydrogens (primary N) is 1. The lowest BCUT2D eigenvalue weighted by molar-refractivity contribution is 0.314. The van der Waals surface area contributed by atoms with E-state index in [1.54, 1.807) is 6.07 Å². The fourth-order valence-electron chi connectivity index (χ4n) is 3.33. The van der Waals surface area contributed by atoms with Crippen molar-refractivity contribution >= 4 is 29.1 Å². The third-order valence-electron chi connectivity index (χ3n) is 4.54. The van der Waals surface area contributed by atoms with E-state index >= 15 is 0 Å². The minimum Gasteiger partial charge on any atom is -0.367 e. The van der Waals surface area contributed by atoms with E-state index < -0.39 is 0 Å². The second-order valence-electron chi connectivity index (χ2n) is 6.37. The van der Waals surface area contributed by atoms with E-state index in [1.165, 1.54) is 12.8 Å². The first-order valence-corrected chi connectivity index (χ1v) is 7.86. The van der Waals surface area contributed by atoms with Crippen molar-refractivity contribution in [1.29, 1.82) is 0 Å². The van der Waals surface area contributed by atoms with E-state index in [4.69, 9.17) is 33.5 Å². The fraction of sp³-hybridized carbons (Fsp3) is 0.438. The zero-order valence-corrected chi connectivity index (χ0v) is 13.6. The first kappa shape index (κ1) is 14.7. The van der Waals surface area contributed by atoms with Crippen LogP contribution in [0.1, 0.15) is 44.7 Å². The van der Waals surface area contributed by atoms with Gasteiger partial charge in [-0.2, -0.15) is 0 Å². The Labute approximate surface area is 134 Å². The molecule has 3 nitrogen and oxygen atoms in total. The normalized spacial score (nSPS) is 20.9. The summed E-state index contributed by atoms with van der Waals surface area (Å²) >= 11 is 12.1. The summed E-state index contributed by atoms with van der Waals surface area (Å²) in [5.41, 5.74) is 8.91. The molecule has 1 saturated carbocycles. The van der Waals surface area contributed by atoms with Gasteiger partial charge in [-0.05, 0) is 36.0 Å². The Bertz CT molecular complexity index is 679. The van der Waals surface area contributed by atoms with Crippen molar-refractivity contribution in [2.24, 2.45) is 5.41 Å². The van der Waals surface area contributed by atoms with Crippen molar-refractivity contribution in [3.8, 4) is 11.1 Å². The van der Waals surface area contributed by atoms with Gasteiger partial charge in [-0.25, -0.2) is 0 Å². The summed E-state index contributed by atoms with van der Waals surface area (Å²) in [6.45, 7) is 4.54. The first-order chi connectivity index (χ1) is 9.90. The maximum absolute atomic E-state index is 6.13. The van der Waals surface area contributed by atoms with Crippen molar-refractivity contribution in [2.45, 2.75) is 39.0 Å². The molecule has 0 amide bonds. The molecular formula is C16H18Cl2N2O. The number of hydrogen-bond donors (Lipinski definition) is 1. The molecule has 1 aliphatic carbocycles. The Morgan fingerprint density at radius 1 is 1.29 bits per heavy atom. The Kier molecular flexibility index (Phi) is 3.66. The highest BCUT2D eigenvalue weighted by Gasteiger charge is 2.39. The van der Waals surface area contributed by atoms with Gasteiger partial charge in [0, 0.05) is 5.92 Å². The van der Waals surface area contributed by atoms with Gasteiger partial charge in [-0.1, -0.05) is 54.7 Å². The smallest absolute Gasteiger partial charge is 0.230 e. The number of nitrogen functional groups attached to an aromatic ring is 1. The first-order valence-electron chi connectivity index (χ1n) is 7.10. The Hall–Kier alpha value is -1.19. The van der Waals surface area contributed by atoms with Crippen LogP contribution < -0.4 is 5.73 Å². The van der Waals surface area contributed by atoms with Gasteiger partial charge in [0.15, 0.2) is 0 Å². The number of anilines is 1. The third-order valence-corrected chi connectivity index (χ3v) is 5.28. The minimum absolute atomic E-state index is 0.203. The molecule has 0 saturated heterocycles. The van der Waals surface area contributed by atoms with Crippen molar-refractivity contribution in [3.63, 3.8) is 0 Å². The molecule has 1 atom stereocenters. The highest BCUT2D eigenvalue weighted by molar-refractivity contribution is 6.42. The average Bonchev–Trinajstić information content (AvgIpc) is 2.95. The molecular weight excluding hydrogens is 307 g/mol. The summed E-state index contributed by atoms with van der Waals surface area (Å²) in [5.74, 6) is 0.689. The van der Waals surface area contributed by atoms with E-state index in [0.717, 1.165) is 23.2 Å². The van der Waals surface area contributed by atoms with E-state index in [0.29, 0.717) is 21.8 Å². The lowest BCUT2D eigenvalue weighted by atomic mass is 9.78. The number of hydrogen-bond acceptors (Lipinski definition) is 3. The van der Waals surface area contributed by atoms with E-state index in [-0.39, 0.29) is 5.41 Å². The van der Waals surface area contributed by atoms with Crippen molar-refractivity contribution in [1.82, 2.24) is 5.16 Å². The minimum atomic E-state index is 0.203. The standard InChI is InChI=1S/C16H18Cl2N2O/c1-16(2)7-3-4-10(16)14-13(15(19)21-20-14)9-5-6-11(17)12(18)8-9/h5-6,8,10H,3-4,7,19H2,1-2H3. The highest BCUT2D eigenvalue weighted by atomic mass is 35.5. The van der Waals surface area contributed by atoms with Gasteiger partial charge in [0.05, 0.1) is 21.3 Å². The zero-order valence-electron chi connectivity index (χ0n) is 12.1. The van der Waals surface area contributed by atoms with Gasteiger partial charge in [0.2, 0.25) is 5.88 Å². The maximum Gasteiger partial charge on any atom is 0.230 e. The average molecular weight is 325 g/mol. The highest BCUT2D eigenvalue weighted by Crippen LogP contribution is 2.51. The van der Waals surface area contributed by atoms with Crippen molar-refractivity contribution in [2.75, 3.05) is 5.73 Å². The van der Waals surface area contributed by atoms with Crippen LogP contribution in [0.25, 0.3) is 11.1 Å². The van der Waals surface area contributed by atoms with Crippen LogP contribution in [0.3, 0.4) is 0 Å². The molecule has 112 valence electrons. The summed E-state index contributed by atoms with van der Waals surface area (Å²) in [5, 5.41) is 5.28. The number of aromatic nitrogens is 1. The van der Waals surface area contributed by atoms with Gasteiger partial charge >= 0.3 is 0 Å². The number of halogens is 2. The largest absolute Gasteiger partial charge is 0.367 e. The maximum atomic E-state index is 6.13. The number of rotatable bonds is 2. The third kappa shape index (κ3) is 2.53. The fourth-order valence-corrected chi connectivity index (χ4v) is 3.63. The molecule has 2 N–H and O–H groups in total. The van der Waals surface area contributed by atoms with Crippen molar-refractivity contribution < 1.29 is 4.52 Å². The summed E-state index contributed by atoms with van der Waals surface area (Å²) in [6, 6.07) is 5.50. The van der Waals surface area contributed by atoms with Gasteiger partial charge < -0.3 is 10.3 Å². The molecule has 21 heavy (non-hydrogen) atoms. The molecule has 1 aliphatic rings. The van der Waals surface area contributed by atoms with E-state index in [1.807, 2.05) is 12.1 Å². The van der Waals surface area contributed by atoms with Gasteiger partial charge in [0.25, 0.3) is 0 Å². The van der Waals surface area contributed by atoms with Crippen LogP contribution in [0.2, 0.25) is 10.0 Å². The predicted molar refractivity (Wildman–Crippen MR) is 86.7 cm³/mol. The zero-order chi connectivity index (χ0) is 15.2. The topological polar surface area (TPSA) is 52.0 Å². The van der Waals surface area contributed by atoms with Crippen LogP contribution in [-0.4, -0.2) is 5.16 Å². The molecule has 0 spiro atoms. The second-order valence-corrected chi connectivity index (χ2v) is 7.18. The second kappa shape index (κ2) is 5.22. The van der Waals surface area contributed by atoms with Crippen LogP contribution in [-0.2, 0) is 0 Å². The molecule has 1 fully saturated rings. The Morgan fingerprint density at radius 3 is 2.67 bits per heavy atom. The van der Waals surface area contributed by atoms with Gasteiger partial charge in [-0.15, -0.1) is 0 Å². The van der Waals surface area contributed by atoms with Crippen LogP contribution in [0, 0.1) is 5.41 Å². The predicted octanol–water partition coefficient (Wildman–Crippen LogP) is 5.52. The van der Waals surface area contributed by atoms with Crippen LogP contribution in [0.4, 0.5) is 5.88 Å². The summed E-state index contributed by atoms with van der Waals surface area (Å²) in [7, 11) is 0. The van der Waals surface area contributed by atoms with Gasteiger partial charge in [-0.3, -0.25) is 0 Å². The van der Waals surface area contributed by atoms with E-state index in [2.05, 4.69) is 19.0 Å². The molecule has 0 radical (unpaired) electrons. The molecule has 1 heterocycles. The lowest BCUT2D eigenvalue weighted by Crippen LogP contribution is -2.16.